The van der Waals surface area contributed by atoms with Crippen molar-refractivity contribution in [2.24, 2.45) is 0 Å². The minimum absolute atomic E-state index is 0.242. The van der Waals surface area contributed by atoms with Crippen LogP contribution in [0.15, 0.2) is 0 Å². The molecule has 0 amide bonds. The van der Waals surface area contributed by atoms with Crippen LogP contribution in [0, 0.1) is 0 Å². The van der Waals surface area contributed by atoms with Crippen LogP contribution in [0.4, 0.5) is 0 Å². The van der Waals surface area contributed by atoms with Gasteiger partial charge in [0.1, 0.15) is 131 Å². The van der Waals surface area contributed by atoms with Gasteiger partial charge in [0.05, 0.1) is 60.8 Å². The van der Waals surface area contributed by atoms with E-state index in [4.69, 9.17) is 28.4 Å². The standard InChI is InChI=1S/C36H62O26S5/c37-1-7-13(40)19(46)23(50)32(58-7)64-6-12-18(45)30(67-36-26(53)21(48)15(42)9(3-39)60-36)28(55)34(62-12)65-4-10-16(43)22(49)24(51)33(61-10)63-5-11-17(44)29(27(54)31(56)57-11)66-35-25(52)20(47)14(41)8(2-38)59-35/h7-56H,1-6H2/t7-,8-,9-,10-,11-,12-,13-,14-,15-,16-,17-,18-,19+,20+,21+,22+,23-,24-,25-,26-,27-,28-,29+,30+,31?,32+,33+,34+,35+,36+/m1/s1. The lowest BCUT2D eigenvalue weighted by atomic mass is 10.0. The maximum absolute atomic E-state index is 11.7. The van der Waals surface area contributed by atoms with Crippen LogP contribution in [0.1, 0.15) is 0 Å². The molecule has 0 aromatic carbocycles. The Morgan fingerprint density at radius 2 is 0.522 bits per heavy atom. The van der Waals surface area contributed by atoms with Gasteiger partial charge in [0.25, 0.3) is 0 Å². The normalized spacial score (nSPS) is 53.4. The molecular weight excluding hydrogens is 1010 g/mol. The van der Waals surface area contributed by atoms with Crippen LogP contribution in [-0.2, 0) is 28.4 Å². The molecule has 6 rings (SSSR count). The van der Waals surface area contributed by atoms with Crippen molar-refractivity contribution >= 4 is 58.8 Å². The lowest BCUT2D eigenvalue weighted by molar-refractivity contribution is -0.237. The Kier molecular flexibility index (Phi) is 21.1. The topological polar surface area (TPSA) is 460 Å². The van der Waals surface area contributed by atoms with E-state index in [1.807, 2.05) is 0 Å². The van der Waals surface area contributed by atoms with Crippen molar-refractivity contribution < 1.29 is 131 Å². The fourth-order valence-corrected chi connectivity index (χ4v) is 14.9. The van der Waals surface area contributed by atoms with Crippen LogP contribution < -0.4 is 0 Å². The predicted molar refractivity (Wildman–Crippen MR) is 232 cm³/mol. The summed E-state index contributed by atoms with van der Waals surface area (Å²) in [6, 6.07) is 0. The highest BCUT2D eigenvalue weighted by Crippen LogP contribution is 2.43. The number of ether oxygens (including phenoxy) is 6. The van der Waals surface area contributed by atoms with Gasteiger partial charge in [0.2, 0.25) is 0 Å². The quantitative estimate of drug-likeness (QED) is 0.0682. The summed E-state index contributed by atoms with van der Waals surface area (Å²) in [5.41, 5.74) is -6.82. The van der Waals surface area contributed by atoms with Gasteiger partial charge in [0.15, 0.2) is 6.29 Å². The zero-order chi connectivity index (χ0) is 49.3. The molecule has 6 heterocycles. The van der Waals surface area contributed by atoms with E-state index in [9.17, 15) is 102 Å². The maximum Gasteiger partial charge on any atom is 0.182 e. The average molecular weight is 1070 g/mol. The number of thioether (sulfide) groups is 5. The Labute approximate surface area is 403 Å². The largest absolute Gasteiger partial charge is 0.394 e. The van der Waals surface area contributed by atoms with Gasteiger partial charge in [0, 0.05) is 17.3 Å². The van der Waals surface area contributed by atoms with Crippen LogP contribution in [0.3, 0.4) is 0 Å². The van der Waals surface area contributed by atoms with Crippen LogP contribution in [0.5, 0.6) is 0 Å². The summed E-state index contributed by atoms with van der Waals surface area (Å²) >= 11 is 3.63. The number of aliphatic hydroxyl groups excluding tert-OH is 20. The summed E-state index contributed by atoms with van der Waals surface area (Å²) in [7, 11) is 0. The lowest BCUT2D eigenvalue weighted by Gasteiger charge is -2.47. The molecule has 0 bridgehead atoms. The Morgan fingerprint density at radius 3 is 0.896 bits per heavy atom. The second kappa shape index (κ2) is 24.8. The van der Waals surface area contributed by atoms with E-state index in [1.165, 1.54) is 0 Å². The average Bonchev–Trinajstić information content (AvgIpc) is 3.31. The van der Waals surface area contributed by atoms with Crippen molar-refractivity contribution in [2.75, 3.05) is 37.1 Å². The fraction of sp³-hybridized carbons (Fsp3) is 1.00. The molecule has 0 radical (unpaired) electrons. The Balaban J connectivity index is 1.13. The Hall–Kier alpha value is 0.710. The third-order valence-corrected chi connectivity index (χ3v) is 19.2. The molecule has 0 aromatic heterocycles. The first-order valence-corrected chi connectivity index (χ1v) is 26.2. The smallest absolute Gasteiger partial charge is 0.182 e. The van der Waals surface area contributed by atoms with Crippen LogP contribution in [0.25, 0.3) is 0 Å². The number of rotatable bonds is 16. The van der Waals surface area contributed by atoms with E-state index in [1.54, 1.807) is 0 Å². The molecule has 6 fully saturated rings. The van der Waals surface area contributed by atoms with Crippen LogP contribution in [0.2, 0.25) is 0 Å². The zero-order valence-corrected chi connectivity index (χ0v) is 39.1. The Morgan fingerprint density at radius 1 is 0.254 bits per heavy atom. The minimum atomic E-state index is -1.91. The van der Waals surface area contributed by atoms with Crippen LogP contribution >= 0.6 is 58.8 Å². The van der Waals surface area contributed by atoms with Gasteiger partial charge in [-0.05, 0) is 0 Å². The SMILES string of the molecule is OC[C@H]1O[C@@H](SC[C@H]2O[C@@H](SC[C@H]3O[C@@H](SC[C@H]4OC(O)[C@H](O)[C@@H](S[C@@H]5O[C@H](CO)[C@@H](O)[C@H](O)[C@H]5O)[C@@H]4O)[C@H](O)[C@@H](O)[C@@H]3O)[C@H](O)[C@@H](S[C@@H]3O[C@H](CO)[C@@H](O)[C@H](O)[C@H]3O)[C@@H]2O)[C@H](O)[C@@H](O)[C@@H]1O. The van der Waals surface area contributed by atoms with E-state index in [-0.39, 0.29) is 17.3 Å². The molecule has 0 aliphatic carbocycles. The van der Waals surface area contributed by atoms with E-state index in [0.717, 1.165) is 35.3 Å². The molecule has 6 aliphatic heterocycles. The van der Waals surface area contributed by atoms with Crippen molar-refractivity contribution in [1.82, 2.24) is 0 Å². The fourth-order valence-electron chi connectivity index (χ4n) is 8.19. The van der Waals surface area contributed by atoms with E-state index < -0.39 is 198 Å². The second-order valence-electron chi connectivity index (χ2n) is 16.9. The highest BCUT2D eigenvalue weighted by Gasteiger charge is 2.54. The molecule has 67 heavy (non-hydrogen) atoms. The van der Waals surface area contributed by atoms with Gasteiger partial charge in [-0.15, -0.1) is 58.8 Å². The van der Waals surface area contributed by atoms with Gasteiger partial charge in [-0.2, -0.15) is 0 Å². The zero-order valence-electron chi connectivity index (χ0n) is 35.0. The Bertz CT molecular complexity index is 1520. The molecule has 392 valence electrons. The third kappa shape index (κ3) is 12.5. The van der Waals surface area contributed by atoms with Gasteiger partial charge in [-0.3, -0.25) is 0 Å². The molecule has 26 nitrogen and oxygen atoms in total. The van der Waals surface area contributed by atoms with Crippen molar-refractivity contribution in [1.29, 1.82) is 0 Å². The minimum Gasteiger partial charge on any atom is -0.394 e. The van der Waals surface area contributed by atoms with Crippen LogP contribution in [-0.4, -0.2) is 317 Å². The van der Waals surface area contributed by atoms with Crippen molar-refractivity contribution in [3.63, 3.8) is 0 Å². The van der Waals surface area contributed by atoms with Crippen molar-refractivity contribution in [3.05, 3.63) is 0 Å². The lowest BCUT2D eigenvalue weighted by Crippen LogP contribution is -2.61. The van der Waals surface area contributed by atoms with E-state index in [0.29, 0.717) is 23.5 Å². The van der Waals surface area contributed by atoms with Gasteiger partial charge < -0.3 is 131 Å². The summed E-state index contributed by atoms with van der Waals surface area (Å²) in [6.45, 7) is -2.24. The molecule has 6 saturated heterocycles. The molecule has 20 N–H and O–H groups in total. The number of aliphatic hydroxyl groups is 20. The maximum atomic E-state index is 11.7. The summed E-state index contributed by atoms with van der Waals surface area (Å²) in [5.74, 6) is -0.836. The molecule has 0 aromatic rings. The number of hydrogen-bond donors (Lipinski definition) is 20. The summed E-state index contributed by atoms with van der Waals surface area (Å²) in [6.07, 6.45) is -37.3. The highest BCUT2D eigenvalue weighted by molar-refractivity contribution is 8.01. The van der Waals surface area contributed by atoms with Crippen molar-refractivity contribution in [2.45, 2.75) is 178 Å². The molecule has 30 atom stereocenters. The summed E-state index contributed by atoms with van der Waals surface area (Å²) in [5, 5.41) is 209. The highest BCUT2D eigenvalue weighted by atomic mass is 32.2. The molecule has 0 saturated carbocycles. The molecule has 1 unspecified atom stereocenters. The number of hydrogen-bond acceptors (Lipinski definition) is 31. The first-order chi connectivity index (χ1) is 31.6. The first-order valence-electron chi connectivity index (χ1n) is 21.1. The molecular formula is C36H62O26S5. The van der Waals surface area contributed by atoms with Gasteiger partial charge in [-0.1, -0.05) is 0 Å². The monoisotopic (exact) mass is 1070 g/mol. The molecule has 0 spiro atoms. The predicted octanol–water partition coefficient (Wildman–Crippen LogP) is -10.5. The molecule has 31 heteroatoms. The summed E-state index contributed by atoms with van der Waals surface area (Å²) in [4.78, 5) is 0. The third-order valence-electron chi connectivity index (χ3n) is 12.4. The molecule has 6 aliphatic rings. The van der Waals surface area contributed by atoms with E-state index >= 15 is 0 Å². The second-order valence-corrected chi connectivity index (χ2v) is 22.8. The van der Waals surface area contributed by atoms with Gasteiger partial charge >= 0.3 is 0 Å². The van der Waals surface area contributed by atoms with Gasteiger partial charge in [-0.25, -0.2) is 0 Å². The first kappa shape index (κ1) is 57.0. The summed E-state index contributed by atoms with van der Waals surface area (Å²) < 4.78 is 34.2. The van der Waals surface area contributed by atoms with E-state index in [2.05, 4.69) is 0 Å². The van der Waals surface area contributed by atoms with Crippen molar-refractivity contribution in [3.8, 4) is 0 Å².